The van der Waals surface area contributed by atoms with E-state index >= 15 is 0 Å². The number of nitrogen functional groups attached to an aromatic ring is 1. The Balaban J connectivity index is 1.64. The molecule has 2 heterocycles. The number of aliphatic hydroxyl groups excluding tert-OH is 1. The molecule has 4 aromatic rings. The molecule has 5 atom stereocenters. The van der Waals surface area contributed by atoms with Gasteiger partial charge in [-0.05, 0) is 112 Å². The van der Waals surface area contributed by atoms with Crippen molar-refractivity contribution in [3.63, 3.8) is 0 Å². The van der Waals surface area contributed by atoms with Crippen LogP contribution in [0.15, 0.2) is 42.5 Å². The molecule has 1 aliphatic heterocycles. The summed E-state index contributed by atoms with van der Waals surface area (Å²) in [6.45, 7) is 10.8. The number of likely N-dealkylation sites (N-methyl/N-ethyl adjacent to an activating group) is 1. The van der Waals surface area contributed by atoms with Crippen molar-refractivity contribution < 1.29 is 53.9 Å². The molecule has 0 saturated carbocycles. The maximum atomic E-state index is 14.9. The van der Waals surface area contributed by atoms with Crippen LogP contribution in [0.1, 0.15) is 84.9 Å². The Morgan fingerprint density at radius 1 is 0.971 bits per heavy atom. The molecule has 5 rings (SSSR count). The number of fused-ring (bicyclic) bond motifs is 5. The maximum Gasteiger partial charge on any atom is 0.326 e. The summed E-state index contributed by atoms with van der Waals surface area (Å²) in [7, 11) is 2.95. The van der Waals surface area contributed by atoms with Gasteiger partial charge in [0.25, 0.3) is 5.91 Å². The lowest BCUT2D eigenvalue weighted by molar-refractivity contribution is -0.143. The molecule has 378 valence electrons. The van der Waals surface area contributed by atoms with Crippen LogP contribution in [0.4, 0.5) is 5.82 Å². The molecule has 0 fully saturated rings. The Hall–Kier alpha value is -7.07. The number of hydrogen-bond acceptors (Lipinski definition) is 16. The number of hydrogen-bond donors (Lipinski definition) is 11. The van der Waals surface area contributed by atoms with Gasteiger partial charge in [-0.1, -0.05) is 32.9 Å². The number of phenolic OH excluding ortho intramolecular Hbond substituents is 2. The molecule has 1 aromatic heterocycles. The van der Waals surface area contributed by atoms with Crippen LogP contribution in [0, 0.1) is 13.8 Å². The number of nitrogens with one attached hydrogen (secondary N) is 4. The molecule has 21 nitrogen and oxygen atoms in total. The highest BCUT2D eigenvalue weighted by atomic mass is 16.5. The Kier molecular flexibility index (Phi) is 17.7. The first kappa shape index (κ1) is 53.9. The summed E-state index contributed by atoms with van der Waals surface area (Å²) in [5.74, 6) is -5.40. The van der Waals surface area contributed by atoms with E-state index in [0.29, 0.717) is 29.7 Å². The first-order valence-corrected chi connectivity index (χ1v) is 22.9. The smallest absolute Gasteiger partial charge is 0.326 e. The Morgan fingerprint density at radius 3 is 2.30 bits per heavy atom. The lowest BCUT2D eigenvalue weighted by atomic mass is 9.85. The van der Waals surface area contributed by atoms with Crippen LogP contribution in [0.3, 0.4) is 0 Å². The predicted octanol–water partition coefficient (Wildman–Crippen LogP) is 1.68. The molecule has 3 aromatic carbocycles. The third-order valence-electron chi connectivity index (χ3n) is 11.9. The number of aliphatic carboxylic acids is 1. The van der Waals surface area contributed by atoms with Gasteiger partial charge in [-0.15, -0.1) is 0 Å². The number of nitrogens with zero attached hydrogens (tertiary/aromatic N) is 3. The third kappa shape index (κ3) is 12.6. The average Bonchev–Trinajstić information content (AvgIpc) is 3.29. The normalized spacial score (nSPS) is 17.0. The Bertz CT molecular complexity index is 2560. The summed E-state index contributed by atoms with van der Waals surface area (Å²) in [6, 6.07) is 5.22. The SMILES string of the molecule is CNCC[C@H](NC(=O)c1c(C)nc(-c2c(C)cc(C(C)(C)C)cc2O)nc1N)C(=O)N(C)[C@@H]1C(=O)N[C@@H](C)C(=O)N[C@H](C(=O)O)Cc2ccc(OCCCN)c(c2)-c2cc1cc(OC[C@H](O)CN)c2O. The fraction of sp³-hybridized carbons (Fsp3) is 0.449. The molecule has 0 unspecified atom stereocenters. The summed E-state index contributed by atoms with van der Waals surface area (Å²) in [5.41, 5.74) is 20.2. The standard InChI is InChI=1S/C49H66N10O11/c1-24-16-29(49(4,5)6)21-35(61)38(24)43-54-25(2)39(42(52)58-43)45(64)56-33(12-14-53-7)47(66)59(8)40-28-19-32(41(62)37(20-28)70-23-30(60)22-51)31-17-27(10-11-36(31)69-15-9-13-50)18-34(48(67)68)57-44(63)26(3)55-46(40)65/h10-11,16-17,19-21,26,30,33-34,40,53,60-62H,9,12-15,18,22-23,50-51H2,1-8H3,(H,55,65)(H,56,64)(H,57,63)(H,67,68)(H2,52,54,58)/t26-,30+,33-,34-,40-/m0/s1. The molecule has 0 radical (unpaired) electrons. The monoisotopic (exact) mass is 970 g/mol. The quantitative estimate of drug-likeness (QED) is 0.0671. The highest BCUT2D eigenvalue weighted by Crippen LogP contribution is 2.45. The van der Waals surface area contributed by atoms with Gasteiger partial charge in [0.15, 0.2) is 17.3 Å². The van der Waals surface area contributed by atoms with E-state index in [-0.39, 0.29) is 94.8 Å². The van der Waals surface area contributed by atoms with E-state index in [1.54, 1.807) is 38.2 Å². The van der Waals surface area contributed by atoms with E-state index in [4.69, 9.17) is 26.7 Å². The second kappa shape index (κ2) is 23.0. The van der Waals surface area contributed by atoms with Crippen molar-refractivity contribution in [3.8, 4) is 45.5 Å². The zero-order valence-corrected chi connectivity index (χ0v) is 40.8. The third-order valence-corrected chi connectivity index (χ3v) is 11.9. The van der Waals surface area contributed by atoms with Crippen molar-refractivity contribution in [2.24, 2.45) is 11.5 Å². The zero-order chi connectivity index (χ0) is 51.8. The van der Waals surface area contributed by atoms with E-state index in [1.807, 2.05) is 26.8 Å². The molecule has 21 heteroatoms. The van der Waals surface area contributed by atoms with E-state index in [0.717, 1.165) is 10.5 Å². The Morgan fingerprint density at radius 2 is 1.69 bits per heavy atom. The number of aromatic hydroxyl groups is 2. The molecule has 0 saturated heterocycles. The van der Waals surface area contributed by atoms with E-state index in [2.05, 4.69) is 31.2 Å². The second-order valence-electron chi connectivity index (χ2n) is 18.4. The Labute approximate surface area is 406 Å². The molecular weight excluding hydrogens is 905 g/mol. The van der Waals surface area contributed by atoms with Crippen LogP contribution in [-0.4, -0.2) is 136 Å². The van der Waals surface area contributed by atoms with E-state index < -0.39 is 72.2 Å². The topological polar surface area (TPSA) is 340 Å². The lowest BCUT2D eigenvalue weighted by Crippen LogP contribution is -2.55. The van der Waals surface area contributed by atoms with E-state index in [1.165, 1.54) is 33.0 Å². The summed E-state index contributed by atoms with van der Waals surface area (Å²) < 4.78 is 12.0. The number of carbonyl (C=O) groups excluding carboxylic acids is 4. The number of rotatable bonds is 17. The van der Waals surface area contributed by atoms with Crippen LogP contribution in [0.2, 0.25) is 0 Å². The fourth-order valence-corrected chi connectivity index (χ4v) is 7.93. The van der Waals surface area contributed by atoms with Crippen molar-refractivity contribution >= 4 is 35.4 Å². The van der Waals surface area contributed by atoms with Crippen molar-refractivity contribution in [2.75, 3.05) is 52.7 Å². The van der Waals surface area contributed by atoms with Gasteiger partial charge >= 0.3 is 5.97 Å². The van der Waals surface area contributed by atoms with Crippen molar-refractivity contribution in [1.82, 2.24) is 36.1 Å². The molecule has 70 heavy (non-hydrogen) atoms. The highest BCUT2D eigenvalue weighted by Gasteiger charge is 2.37. The first-order valence-electron chi connectivity index (χ1n) is 22.9. The number of anilines is 1. The van der Waals surface area contributed by atoms with Gasteiger partial charge in [0.1, 0.15) is 59.8 Å². The van der Waals surface area contributed by atoms with Crippen LogP contribution in [-0.2, 0) is 31.0 Å². The number of aryl methyl sites for hydroxylation is 2. The molecule has 1 aliphatic rings. The van der Waals surface area contributed by atoms with Gasteiger partial charge in [0, 0.05) is 31.1 Å². The average molecular weight is 971 g/mol. The van der Waals surface area contributed by atoms with Gasteiger partial charge in [0.05, 0.1) is 17.9 Å². The number of amides is 4. The van der Waals surface area contributed by atoms with Gasteiger partial charge in [0.2, 0.25) is 17.7 Å². The molecule has 4 bridgehead atoms. The number of carboxylic acids is 1. The minimum Gasteiger partial charge on any atom is -0.507 e. The number of benzene rings is 3. The first-order chi connectivity index (χ1) is 33.0. The number of carboxylic acid groups (broad SMARTS) is 1. The summed E-state index contributed by atoms with van der Waals surface area (Å²) in [4.78, 5) is 80.0. The van der Waals surface area contributed by atoms with Crippen LogP contribution in [0.5, 0.6) is 23.0 Å². The minimum atomic E-state index is -1.64. The van der Waals surface area contributed by atoms with Gasteiger partial charge < -0.3 is 73.3 Å². The summed E-state index contributed by atoms with van der Waals surface area (Å²) in [5, 5.41) is 54.4. The summed E-state index contributed by atoms with van der Waals surface area (Å²) >= 11 is 0. The molecular formula is C49H66N10O11. The van der Waals surface area contributed by atoms with E-state index in [9.17, 15) is 44.4 Å². The van der Waals surface area contributed by atoms with Crippen molar-refractivity contribution in [2.45, 2.75) is 96.5 Å². The number of phenols is 2. The zero-order valence-electron chi connectivity index (χ0n) is 40.8. The number of aromatic nitrogens is 2. The lowest BCUT2D eigenvalue weighted by Gasteiger charge is -2.33. The summed E-state index contributed by atoms with van der Waals surface area (Å²) in [6.07, 6.45) is -0.945. The maximum absolute atomic E-state index is 14.9. The van der Waals surface area contributed by atoms with Gasteiger partial charge in [-0.2, -0.15) is 0 Å². The van der Waals surface area contributed by atoms with Crippen LogP contribution < -0.4 is 47.9 Å². The molecule has 0 spiro atoms. The van der Waals surface area contributed by atoms with Crippen molar-refractivity contribution in [3.05, 3.63) is 76.0 Å². The molecule has 4 amide bonds. The number of nitrogens with two attached hydrogens (primary N) is 3. The minimum absolute atomic E-state index is 0.0112. The molecule has 14 N–H and O–H groups in total. The van der Waals surface area contributed by atoms with Crippen LogP contribution in [0.25, 0.3) is 22.5 Å². The number of carbonyl (C=O) groups is 5. The number of aliphatic hydroxyl groups is 1. The van der Waals surface area contributed by atoms with Crippen LogP contribution >= 0.6 is 0 Å². The second-order valence-corrected chi connectivity index (χ2v) is 18.4. The van der Waals surface area contributed by atoms with Gasteiger partial charge in [-0.3, -0.25) is 19.2 Å². The highest BCUT2D eigenvalue weighted by molar-refractivity contribution is 6.02. The predicted molar refractivity (Wildman–Crippen MR) is 261 cm³/mol. The van der Waals surface area contributed by atoms with Gasteiger partial charge in [-0.25, -0.2) is 14.8 Å². The number of ether oxygens (including phenoxy) is 2. The fourth-order valence-electron chi connectivity index (χ4n) is 7.93. The molecule has 0 aliphatic carbocycles. The largest absolute Gasteiger partial charge is 0.507 e. The van der Waals surface area contributed by atoms with Crippen molar-refractivity contribution in [1.29, 1.82) is 0 Å².